The molecule has 0 unspecified atom stereocenters. The Hall–Kier alpha value is -3.60. The van der Waals surface area contributed by atoms with Crippen LogP contribution in [0.15, 0.2) is 47.9 Å². The van der Waals surface area contributed by atoms with E-state index in [4.69, 9.17) is 0 Å². The molecule has 1 aromatic carbocycles. The van der Waals surface area contributed by atoms with Crippen molar-refractivity contribution >= 4 is 32.6 Å². The van der Waals surface area contributed by atoms with Gasteiger partial charge in [0.1, 0.15) is 17.7 Å². The highest BCUT2D eigenvalue weighted by atomic mass is 32.2. The Bertz CT molecular complexity index is 1290. The second-order valence-electron chi connectivity index (χ2n) is 6.93. The fourth-order valence-electron chi connectivity index (χ4n) is 2.88. The van der Waals surface area contributed by atoms with Gasteiger partial charge in [-0.3, -0.25) is 9.89 Å². The van der Waals surface area contributed by atoms with Gasteiger partial charge in [0.2, 0.25) is 5.91 Å². The van der Waals surface area contributed by atoms with Gasteiger partial charge in [0.15, 0.2) is 15.5 Å². The third-order valence-corrected chi connectivity index (χ3v) is 6.72. The molecule has 0 saturated carbocycles. The topological polar surface area (TPSA) is 146 Å². The highest BCUT2D eigenvalue weighted by Crippen LogP contribution is 2.25. The molecule has 0 atom stereocenters. The van der Waals surface area contributed by atoms with Crippen LogP contribution in [0.25, 0.3) is 22.4 Å². The molecule has 154 valence electrons. The van der Waals surface area contributed by atoms with E-state index in [2.05, 4.69) is 35.5 Å². The van der Waals surface area contributed by atoms with Gasteiger partial charge in [-0.25, -0.2) is 23.4 Å². The van der Waals surface area contributed by atoms with Gasteiger partial charge in [0.05, 0.1) is 34.1 Å². The third-order valence-electron chi connectivity index (χ3n) is 4.55. The Labute approximate surface area is 172 Å². The van der Waals surface area contributed by atoms with Crippen molar-refractivity contribution in [3.05, 3.63) is 48.8 Å². The van der Waals surface area contributed by atoms with E-state index in [0.717, 1.165) is 0 Å². The van der Waals surface area contributed by atoms with Crippen LogP contribution in [-0.2, 0) is 21.1 Å². The molecule has 0 aliphatic heterocycles. The molecule has 11 heteroatoms. The summed E-state index contributed by atoms with van der Waals surface area (Å²) >= 11 is 0. The lowest BCUT2D eigenvalue weighted by Gasteiger charge is -2.08. The van der Waals surface area contributed by atoms with Gasteiger partial charge in [-0.2, -0.15) is 5.10 Å². The summed E-state index contributed by atoms with van der Waals surface area (Å²) in [7, 11) is -3.34. The molecule has 3 aromatic heterocycles. The van der Waals surface area contributed by atoms with Crippen molar-refractivity contribution in [2.45, 2.75) is 30.4 Å². The first-order valence-electron chi connectivity index (χ1n) is 9.17. The Morgan fingerprint density at radius 2 is 1.93 bits per heavy atom. The molecule has 0 saturated heterocycles. The number of hydrogen-bond acceptors (Lipinski definition) is 7. The van der Waals surface area contributed by atoms with Crippen LogP contribution < -0.4 is 5.32 Å². The molecule has 10 nitrogen and oxygen atoms in total. The molecule has 0 aliphatic rings. The van der Waals surface area contributed by atoms with E-state index in [-0.39, 0.29) is 17.2 Å². The summed E-state index contributed by atoms with van der Waals surface area (Å²) in [5.74, 6) is 0.179. The monoisotopic (exact) mass is 425 g/mol. The third kappa shape index (κ3) is 3.79. The molecule has 30 heavy (non-hydrogen) atoms. The number of aromatic amines is 2. The van der Waals surface area contributed by atoms with Crippen molar-refractivity contribution in [2.24, 2.45) is 0 Å². The fraction of sp³-hybridized carbons (Fsp3) is 0.211. The quantitative estimate of drug-likeness (QED) is 0.429. The molecule has 0 bridgehead atoms. The first-order chi connectivity index (χ1) is 14.3. The van der Waals surface area contributed by atoms with Crippen LogP contribution in [-0.4, -0.2) is 49.7 Å². The molecule has 0 aliphatic carbocycles. The number of benzene rings is 1. The number of nitrogens with zero attached hydrogens (tertiary/aromatic N) is 4. The molecule has 1 amide bonds. The molecule has 4 aromatic rings. The minimum absolute atomic E-state index is 0.0472. The predicted octanol–water partition coefficient (Wildman–Crippen LogP) is 2.11. The van der Waals surface area contributed by atoms with Crippen molar-refractivity contribution in [3.63, 3.8) is 0 Å². The molecular weight excluding hydrogens is 406 g/mol. The largest absolute Gasteiger partial charge is 0.343 e. The summed E-state index contributed by atoms with van der Waals surface area (Å²) in [5.41, 5.74) is 2.78. The number of amides is 1. The summed E-state index contributed by atoms with van der Waals surface area (Å²) in [6.07, 6.45) is 4.59. The number of aromatic nitrogens is 6. The minimum Gasteiger partial charge on any atom is -0.343 e. The van der Waals surface area contributed by atoms with E-state index in [1.165, 1.54) is 6.33 Å². The van der Waals surface area contributed by atoms with Gasteiger partial charge in [-0.1, -0.05) is 12.1 Å². The van der Waals surface area contributed by atoms with Gasteiger partial charge in [-0.15, -0.1) is 0 Å². The Balaban J connectivity index is 1.60. The Morgan fingerprint density at radius 1 is 1.17 bits per heavy atom. The number of carbonyl (C=O) groups excluding carboxylic acids is 1. The van der Waals surface area contributed by atoms with Crippen LogP contribution in [0.2, 0.25) is 0 Å². The number of anilines is 1. The van der Waals surface area contributed by atoms with E-state index in [0.29, 0.717) is 33.9 Å². The summed E-state index contributed by atoms with van der Waals surface area (Å²) in [6.45, 7) is 3.29. The highest BCUT2D eigenvalue weighted by molar-refractivity contribution is 7.92. The van der Waals surface area contributed by atoms with Gasteiger partial charge in [-0.05, 0) is 26.0 Å². The summed E-state index contributed by atoms with van der Waals surface area (Å²) in [4.78, 5) is 28.3. The average molecular weight is 425 g/mol. The van der Waals surface area contributed by atoms with E-state index < -0.39 is 15.1 Å². The van der Waals surface area contributed by atoms with Crippen molar-refractivity contribution in [1.29, 1.82) is 0 Å². The fourth-order valence-corrected chi connectivity index (χ4v) is 3.94. The summed E-state index contributed by atoms with van der Waals surface area (Å²) < 4.78 is 24.6. The zero-order valence-corrected chi connectivity index (χ0v) is 17.1. The van der Waals surface area contributed by atoms with Crippen LogP contribution >= 0.6 is 0 Å². The maximum Gasteiger partial charge on any atom is 0.232 e. The minimum atomic E-state index is -3.34. The zero-order valence-electron chi connectivity index (χ0n) is 16.2. The number of fused-ring (bicyclic) bond motifs is 1. The van der Waals surface area contributed by atoms with Crippen LogP contribution in [0, 0.1) is 0 Å². The van der Waals surface area contributed by atoms with Crippen molar-refractivity contribution < 1.29 is 13.2 Å². The highest BCUT2D eigenvalue weighted by Gasteiger charge is 2.19. The van der Waals surface area contributed by atoms with Crippen LogP contribution in [0.4, 0.5) is 5.69 Å². The molecule has 3 heterocycles. The van der Waals surface area contributed by atoms with Crippen molar-refractivity contribution in [2.75, 3.05) is 5.32 Å². The maximum atomic E-state index is 12.3. The predicted molar refractivity (Wildman–Crippen MR) is 110 cm³/mol. The lowest BCUT2D eigenvalue weighted by molar-refractivity contribution is -0.115. The second kappa shape index (κ2) is 7.67. The molecule has 0 fully saturated rings. The van der Waals surface area contributed by atoms with E-state index in [1.807, 2.05) is 0 Å². The van der Waals surface area contributed by atoms with Gasteiger partial charge in [0, 0.05) is 11.8 Å². The van der Waals surface area contributed by atoms with E-state index in [1.54, 1.807) is 50.5 Å². The lowest BCUT2D eigenvalue weighted by atomic mass is 10.1. The molecule has 4 rings (SSSR count). The number of hydrogen-bond donors (Lipinski definition) is 3. The van der Waals surface area contributed by atoms with Gasteiger partial charge >= 0.3 is 0 Å². The molecular formula is C19H19N7O3S. The average Bonchev–Trinajstić information content (AvgIpc) is 3.38. The van der Waals surface area contributed by atoms with Crippen LogP contribution in [0.1, 0.15) is 19.7 Å². The number of rotatable bonds is 6. The van der Waals surface area contributed by atoms with Crippen molar-refractivity contribution in [3.8, 4) is 11.3 Å². The molecule has 0 spiro atoms. The van der Waals surface area contributed by atoms with E-state index in [9.17, 15) is 13.2 Å². The van der Waals surface area contributed by atoms with Crippen LogP contribution in [0.3, 0.4) is 0 Å². The van der Waals surface area contributed by atoms with Gasteiger partial charge in [0.25, 0.3) is 0 Å². The molecule has 3 N–H and O–H groups in total. The smallest absolute Gasteiger partial charge is 0.232 e. The number of carbonyl (C=O) groups is 1. The lowest BCUT2D eigenvalue weighted by Crippen LogP contribution is -2.15. The first-order valence-corrected chi connectivity index (χ1v) is 10.7. The standard InChI is InChI=1S/C19H19N7O3S/c1-11(2)30(28,29)13-5-3-12(4-6-13)14-8-20-19-18(25-14)15(9-21-19)24-17(27)7-16-22-10-23-26-16/h3-6,8-11H,7H2,1-2H3,(H,20,21)(H,24,27)(H,22,23,26). The summed E-state index contributed by atoms with van der Waals surface area (Å²) in [6, 6.07) is 6.52. The SMILES string of the molecule is CC(C)S(=O)(=O)c1ccc(-c2cnc3[nH]cc(NC(=O)Cc4ncn[nH]4)c3n2)cc1. The second-order valence-corrected chi connectivity index (χ2v) is 9.43. The van der Waals surface area contributed by atoms with Gasteiger partial charge < -0.3 is 10.3 Å². The Morgan fingerprint density at radius 3 is 2.60 bits per heavy atom. The first kappa shape index (κ1) is 19.7. The summed E-state index contributed by atoms with van der Waals surface area (Å²) in [5, 5.41) is 8.64. The normalized spacial score (nSPS) is 11.8. The maximum absolute atomic E-state index is 12.3. The zero-order chi connectivity index (χ0) is 21.3. The number of nitrogens with one attached hydrogen (secondary N) is 3. The number of sulfone groups is 1. The number of H-pyrrole nitrogens is 2. The Kier molecular flexibility index (Phi) is 5.04. The van der Waals surface area contributed by atoms with Crippen LogP contribution in [0.5, 0.6) is 0 Å². The van der Waals surface area contributed by atoms with E-state index >= 15 is 0 Å². The molecule has 0 radical (unpaired) electrons. The van der Waals surface area contributed by atoms with Crippen molar-refractivity contribution in [1.82, 2.24) is 30.1 Å².